The van der Waals surface area contributed by atoms with Crippen molar-refractivity contribution in [2.24, 2.45) is 0 Å². The minimum absolute atomic E-state index is 0.0391. The van der Waals surface area contributed by atoms with Gasteiger partial charge in [0.25, 0.3) is 5.91 Å². The van der Waals surface area contributed by atoms with Crippen LogP contribution < -0.4 is 0 Å². The van der Waals surface area contributed by atoms with E-state index in [2.05, 4.69) is 11.8 Å². The lowest BCUT2D eigenvalue weighted by Crippen LogP contribution is -2.54. The highest BCUT2D eigenvalue weighted by atomic mass is 32.1. The van der Waals surface area contributed by atoms with Crippen LogP contribution in [0.1, 0.15) is 57.2 Å². The predicted octanol–water partition coefficient (Wildman–Crippen LogP) is 4.24. The lowest BCUT2D eigenvalue weighted by Gasteiger charge is -2.36. The Labute approximate surface area is 224 Å². The van der Waals surface area contributed by atoms with Crippen LogP contribution in [0.15, 0.2) is 40.9 Å². The van der Waals surface area contributed by atoms with E-state index in [1.54, 1.807) is 21.1 Å². The molecule has 0 N–H and O–H groups in total. The normalized spacial score (nSPS) is 21.8. The van der Waals surface area contributed by atoms with Crippen LogP contribution in [0.3, 0.4) is 0 Å². The van der Waals surface area contributed by atoms with E-state index in [9.17, 15) is 14.4 Å². The van der Waals surface area contributed by atoms with Crippen molar-refractivity contribution in [1.29, 1.82) is 0 Å². The first-order chi connectivity index (χ1) is 18.0. The van der Waals surface area contributed by atoms with Gasteiger partial charge in [-0.15, -0.1) is 11.3 Å². The Hall–Kier alpha value is -2.65. The maximum Gasteiger partial charge on any atom is 0.409 e. The van der Waals surface area contributed by atoms with Crippen molar-refractivity contribution in [3.05, 3.63) is 45.8 Å². The number of rotatable bonds is 8. The average molecular weight is 529 g/mol. The lowest BCUT2D eigenvalue weighted by atomic mass is 9.94. The SMILES string of the molecule is C/C=C\C1=C(CC)N(C2CCCCC2)C(=O)C1N(Cc1cccs1)C(=O)CN1CCN(C(=O)OC)CC1. The standard InChI is InChI=1S/C28H40N4O4S/c1-4-10-23-24(5-2)32(21-11-7-6-8-12-21)27(34)26(23)31(19-22-13-9-18-37-22)25(33)20-29-14-16-30(17-15-29)28(35)36-3/h4,9-10,13,18,21,26H,5-8,11-12,14-17,19-20H2,1-3H3/b10-4-. The van der Waals surface area contributed by atoms with Gasteiger partial charge in [0.2, 0.25) is 5.91 Å². The summed E-state index contributed by atoms with van der Waals surface area (Å²) in [5, 5.41) is 2.01. The average Bonchev–Trinajstić information content (AvgIpc) is 3.53. The zero-order valence-electron chi connectivity index (χ0n) is 22.4. The van der Waals surface area contributed by atoms with Crippen molar-refractivity contribution >= 4 is 29.2 Å². The molecule has 0 aromatic carbocycles. The second kappa shape index (κ2) is 12.7. The van der Waals surface area contributed by atoms with E-state index in [4.69, 9.17) is 4.74 Å². The second-order valence-corrected chi connectivity index (χ2v) is 11.0. The third kappa shape index (κ3) is 6.09. The smallest absolute Gasteiger partial charge is 0.409 e. The minimum Gasteiger partial charge on any atom is -0.453 e. The molecule has 4 rings (SSSR count). The van der Waals surface area contributed by atoms with Crippen LogP contribution in [-0.2, 0) is 20.9 Å². The molecule has 1 aromatic rings. The van der Waals surface area contributed by atoms with E-state index in [0.29, 0.717) is 32.7 Å². The topological polar surface area (TPSA) is 73.4 Å². The van der Waals surface area contributed by atoms with Crippen LogP contribution >= 0.6 is 11.3 Å². The first-order valence-corrected chi connectivity index (χ1v) is 14.4. The molecule has 1 saturated heterocycles. The van der Waals surface area contributed by atoms with Gasteiger partial charge in [-0.25, -0.2) is 4.79 Å². The van der Waals surface area contributed by atoms with E-state index in [1.165, 1.54) is 13.5 Å². The molecule has 8 nitrogen and oxygen atoms in total. The van der Waals surface area contributed by atoms with Crippen LogP contribution in [0.4, 0.5) is 4.79 Å². The number of piperazine rings is 1. The molecule has 1 aromatic heterocycles. The zero-order chi connectivity index (χ0) is 26.4. The molecule has 3 heterocycles. The predicted molar refractivity (Wildman–Crippen MR) is 145 cm³/mol. The maximum atomic E-state index is 14.2. The second-order valence-electron chi connectivity index (χ2n) is 9.99. The molecule has 1 unspecified atom stereocenters. The monoisotopic (exact) mass is 528 g/mol. The molecule has 1 aliphatic carbocycles. The largest absolute Gasteiger partial charge is 0.453 e. The van der Waals surface area contributed by atoms with E-state index in [-0.39, 0.29) is 30.5 Å². The fourth-order valence-corrected chi connectivity index (χ4v) is 6.57. The summed E-state index contributed by atoms with van der Waals surface area (Å²) in [5.41, 5.74) is 2.02. The van der Waals surface area contributed by atoms with Crippen LogP contribution in [0, 0.1) is 0 Å². The molecule has 3 aliphatic rings. The number of hydrogen-bond acceptors (Lipinski definition) is 6. The molecule has 3 amide bonds. The number of thiophene rings is 1. The summed E-state index contributed by atoms with van der Waals surface area (Å²) in [4.78, 5) is 48.6. The Kier molecular flexibility index (Phi) is 9.43. The Morgan fingerprint density at radius 2 is 1.89 bits per heavy atom. The summed E-state index contributed by atoms with van der Waals surface area (Å²) >= 11 is 1.61. The van der Waals surface area contributed by atoms with Crippen LogP contribution in [-0.4, -0.2) is 89.4 Å². The molecule has 1 atom stereocenters. The zero-order valence-corrected chi connectivity index (χ0v) is 23.2. The molecule has 37 heavy (non-hydrogen) atoms. The maximum absolute atomic E-state index is 14.2. The van der Waals surface area contributed by atoms with Gasteiger partial charge in [0.15, 0.2) is 0 Å². The van der Waals surface area contributed by atoms with Crippen molar-refractivity contribution in [1.82, 2.24) is 19.6 Å². The van der Waals surface area contributed by atoms with Crippen molar-refractivity contribution in [3.63, 3.8) is 0 Å². The van der Waals surface area contributed by atoms with Gasteiger partial charge < -0.3 is 19.4 Å². The Morgan fingerprint density at radius 3 is 2.49 bits per heavy atom. The number of amides is 3. The number of allylic oxidation sites excluding steroid dienone is 2. The van der Waals surface area contributed by atoms with Crippen molar-refractivity contribution in [3.8, 4) is 0 Å². The lowest BCUT2D eigenvalue weighted by molar-refractivity contribution is -0.144. The fourth-order valence-electron chi connectivity index (χ4n) is 5.87. The number of carbonyl (C=O) groups is 3. The summed E-state index contributed by atoms with van der Waals surface area (Å²) in [5.74, 6) is -0.0153. The Morgan fingerprint density at radius 1 is 1.16 bits per heavy atom. The first-order valence-electron chi connectivity index (χ1n) is 13.5. The quantitative estimate of drug-likeness (QED) is 0.505. The molecule has 0 bridgehead atoms. The summed E-state index contributed by atoms with van der Waals surface area (Å²) in [6.45, 7) is 6.94. The Balaban J connectivity index is 1.60. The number of carbonyl (C=O) groups excluding carboxylic acids is 3. The van der Waals surface area contributed by atoms with Crippen molar-refractivity contribution < 1.29 is 19.1 Å². The minimum atomic E-state index is -0.612. The molecular weight excluding hydrogens is 488 g/mol. The number of methoxy groups -OCH3 is 1. The summed E-state index contributed by atoms with van der Waals surface area (Å²) in [7, 11) is 1.39. The molecule has 202 valence electrons. The molecule has 0 spiro atoms. The van der Waals surface area contributed by atoms with Gasteiger partial charge >= 0.3 is 6.09 Å². The van der Waals surface area contributed by atoms with Gasteiger partial charge in [-0.1, -0.05) is 44.4 Å². The van der Waals surface area contributed by atoms with Crippen molar-refractivity contribution in [2.45, 2.75) is 71.0 Å². The summed E-state index contributed by atoms with van der Waals surface area (Å²) in [6.07, 6.45) is 10.00. The Bertz CT molecular complexity index is 1010. The van der Waals surface area contributed by atoms with Gasteiger partial charge in [0, 0.05) is 48.4 Å². The van der Waals surface area contributed by atoms with E-state index >= 15 is 0 Å². The summed E-state index contributed by atoms with van der Waals surface area (Å²) in [6, 6.07) is 3.61. The molecule has 9 heteroatoms. The first kappa shape index (κ1) is 27.4. The molecule has 2 fully saturated rings. The van der Waals surface area contributed by atoms with Crippen LogP contribution in [0.5, 0.6) is 0 Å². The van der Waals surface area contributed by atoms with E-state index in [1.807, 2.05) is 41.5 Å². The highest BCUT2D eigenvalue weighted by Gasteiger charge is 2.45. The molecule has 0 radical (unpaired) electrons. The van der Waals surface area contributed by atoms with Gasteiger partial charge in [-0.2, -0.15) is 0 Å². The van der Waals surface area contributed by atoms with Gasteiger partial charge in [-0.3, -0.25) is 14.5 Å². The van der Waals surface area contributed by atoms with E-state index < -0.39 is 6.04 Å². The van der Waals surface area contributed by atoms with Gasteiger partial charge in [-0.05, 0) is 37.6 Å². The number of hydrogen-bond donors (Lipinski definition) is 0. The summed E-state index contributed by atoms with van der Waals surface area (Å²) < 4.78 is 4.84. The molecule has 1 saturated carbocycles. The highest BCUT2D eigenvalue weighted by molar-refractivity contribution is 7.09. The third-order valence-electron chi connectivity index (χ3n) is 7.71. The van der Waals surface area contributed by atoms with E-state index in [0.717, 1.165) is 48.3 Å². The van der Waals surface area contributed by atoms with Gasteiger partial charge in [0.1, 0.15) is 6.04 Å². The van der Waals surface area contributed by atoms with Crippen molar-refractivity contribution in [2.75, 3.05) is 39.8 Å². The highest BCUT2D eigenvalue weighted by Crippen LogP contribution is 2.37. The third-order valence-corrected chi connectivity index (χ3v) is 8.57. The number of nitrogens with zero attached hydrogens (tertiary/aromatic N) is 4. The van der Waals surface area contributed by atoms with Gasteiger partial charge in [0.05, 0.1) is 20.2 Å². The van der Waals surface area contributed by atoms with Crippen LogP contribution in [0.2, 0.25) is 0 Å². The van der Waals surface area contributed by atoms with Crippen LogP contribution in [0.25, 0.3) is 0 Å². The molecule has 2 aliphatic heterocycles. The molecular formula is C28H40N4O4S. The number of ether oxygens (including phenoxy) is 1. The fraction of sp³-hybridized carbons (Fsp3) is 0.607.